The summed E-state index contributed by atoms with van der Waals surface area (Å²) in [6, 6.07) is 0. The van der Waals surface area contributed by atoms with Gasteiger partial charge in [-0.1, -0.05) is 6.92 Å². The number of anilines is 1. The maximum Gasteiger partial charge on any atom is 0.246 e. The van der Waals surface area contributed by atoms with E-state index in [2.05, 4.69) is 34.1 Å². The number of aromatic nitrogens is 2. The normalized spacial score (nSPS) is 20.1. The standard InChI is InChI=1S/C20H35N7O/c1-4-21-20(22-8-5-9-25-10-6-17(2)7-11-25)26-12-13-27(19(28)16-26)18-14-23-24(3)15-18/h14-15,17H,4-13,16H2,1-3H3,(H,21,22). The number of likely N-dealkylation sites (tertiary alicyclic amines) is 1. The Hall–Kier alpha value is -2.09. The third-order valence-electron chi connectivity index (χ3n) is 5.63. The molecule has 0 spiro atoms. The zero-order valence-corrected chi connectivity index (χ0v) is 17.6. The molecule has 8 heteroatoms. The lowest BCUT2D eigenvalue weighted by Crippen LogP contribution is -2.55. The second-order valence-corrected chi connectivity index (χ2v) is 7.95. The van der Waals surface area contributed by atoms with Crippen LogP contribution < -0.4 is 10.2 Å². The van der Waals surface area contributed by atoms with Crippen molar-refractivity contribution in [2.45, 2.75) is 33.1 Å². The predicted octanol–water partition coefficient (Wildman–Crippen LogP) is 1.16. The van der Waals surface area contributed by atoms with Crippen LogP contribution in [0, 0.1) is 5.92 Å². The Morgan fingerprint density at radius 1 is 1.29 bits per heavy atom. The van der Waals surface area contributed by atoms with E-state index in [0.717, 1.165) is 50.2 Å². The van der Waals surface area contributed by atoms with Gasteiger partial charge in [0.25, 0.3) is 0 Å². The molecule has 156 valence electrons. The zero-order chi connectivity index (χ0) is 19.9. The van der Waals surface area contributed by atoms with Crippen molar-refractivity contribution < 1.29 is 4.79 Å². The number of rotatable bonds is 6. The van der Waals surface area contributed by atoms with Gasteiger partial charge >= 0.3 is 0 Å². The first kappa shape index (κ1) is 20.6. The van der Waals surface area contributed by atoms with Gasteiger partial charge in [0.1, 0.15) is 6.54 Å². The van der Waals surface area contributed by atoms with E-state index in [0.29, 0.717) is 13.1 Å². The summed E-state index contributed by atoms with van der Waals surface area (Å²) in [7, 11) is 1.87. The molecule has 1 amide bonds. The second-order valence-electron chi connectivity index (χ2n) is 7.95. The summed E-state index contributed by atoms with van der Waals surface area (Å²) in [4.78, 5) is 23.9. The second kappa shape index (κ2) is 9.91. The van der Waals surface area contributed by atoms with Crippen LogP contribution in [0.25, 0.3) is 0 Å². The number of nitrogens with zero attached hydrogens (tertiary/aromatic N) is 6. The third kappa shape index (κ3) is 5.47. The van der Waals surface area contributed by atoms with Crippen molar-refractivity contribution in [3.8, 4) is 0 Å². The minimum Gasteiger partial charge on any atom is -0.357 e. The van der Waals surface area contributed by atoms with Crippen molar-refractivity contribution >= 4 is 17.6 Å². The number of amides is 1. The number of hydrogen-bond donors (Lipinski definition) is 1. The molecule has 0 saturated carbocycles. The number of nitrogens with one attached hydrogen (secondary N) is 1. The topological polar surface area (TPSA) is 69.0 Å². The first-order valence-electron chi connectivity index (χ1n) is 10.6. The van der Waals surface area contributed by atoms with Crippen LogP contribution >= 0.6 is 0 Å². The van der Waals surface area contributed by atoms with Crippen molar-refractivity contribution in [2.24, 2.45) is 18.0 Å². The summed E-state index contributed by atoms with van der Waals surface area (Å²) in [6.07, 6.45) is 7.32. The SMILES string of the molecule is CCNC(=NCCCN1CCC(C)CC1)N1CCN(c2cnn(C)c2)C(=O)C1. The van der Waals surface area contributed by atoms with Crippen molar-refractivity contribution in [1.82, 2.24) is 24.9 Å². The number of piperidine rings is 1. The van der Waals surface area contributed by atoms with E-state index in [1.165, 1.54) is 25.9 Å². The van der Waals surface area contributed by atoms with Gasteiger partial charge in [0.05, 0.1) is 11.9 Å². The fraction of sp³-hybridized carbons (Fsp3) is 0.750. The Balaban J connectivity index is 1.49. The van der Waals surface area contributed by atoms with Gasteiger partial charge in [-0.25, -0.2) is 0 Å². The van der Waals surface area contributed by atoms with E-state index in [-0.39, 0.29) is 5.91 Å². The summed E-state index contributed by atoms with van der Waals surface area (Å²) >= 11 is 0. The largest absolute Gasteiger partial charge is 0.357 e. The fourth-order valence-electron chi connectivity index (χ4n) is 3.87. The van der Waals surface area contributed by atoms with E-state index >= 15 is 0 Å². The van der Waals surface area contributed by atoms with Crippen molar-refractivity contribution in [3.05, 3.63) is 12.4 Å². The van der Waals surface area contributed by atoms with Crippen molar-refractivity contribution in [2.75, 3.05) is 57.3 Å². The molecular formula is C20H35N7O. The molecule has 8 nitrogen and oxygen atoms in total. The summed E-state index contributed by atoms with van der Waals surface area (Å²) in [5.74, 6) is 1.82. The average Bonchev–Trinajstić information content (AvgIpc) is 3.11. The van der Waals surface area contributed by atoms with Gasteiger partial charge in [-0.3, -0.25) is 14.5 Å². The van der Waals surface area contributed by atoms with Crippen LogP contribution in [0.4, 0.5) is 5.69 Å². The molecule has 0 aliphatic carbocycles. The molecule has 1 aromatic rings. The fourth-order valence-corrected chi connectivity index (χ4v) is 3.87. The molecule has 2 aliphatic heterocycles. The van der Waals surface area contributed by atoms with Gasteiger partial charge in [-0.05, 0) is 51.7 Å². The molecule has 3 heterocycles. The summed E-state index contributed by atoms with van der Waals surface area (Å²) < 4.78 is 1.73. The highest BCUT2D eigenvalue weighted by atomic mass is 16.2. The molecule has 0 unspecified atom stereocenters. The summed E-state index contributed by atoms with van der Waals surface area (Å²) in [5.41, 5.74) is 0.866. The number of guanidine groups is 1. The lowest BCUT2D eigenvalue weighted by atomic mass is 9.99. The molecule has 1 N–H and O–H groups in total. The zero-order valence-electron chi connectivity index (χ0n) is 17.6. The van der Waals surface area contributed by atoms with Crippen LogP contribution in [0.5, 0.6) is 0 Å². The molecule has 0 bridgehead atoms. The molecule has 0 atom stereocenters. The highest BCUT2D eigenvalue weighted by Crippen LogP contribution is 2.17. The molecular weight excluding hydrogens is 354 g/mol. The molecule has 1 aromatic heterocycles. The molecule has 0 aromatic carbocycles. The Morgan fingerprint density at radius 3 is 2.71 bits per heavy atom. The smallest absolute Gasteiger partial charge is 0.246 e. The van der Waals surface area contributed by atoms with Crippen LogP contribution in [0.15, 0.2) is 17.4 Å². The lowest BCUT2D eigenvalue weighted by Gasteiger charge is -2.35. The van der Waals surface area contributed by atoms with E-state index in [9.17, 15) is 4.79 Å². The van der Waals surface area contributed by atoms with Crippen LogP contribution in [0.3, 0.4) is 0 Å². The first-order chi connectivity index (χ1) is 13.6. The van der Waals surface area contributed by atoms with Crippen LogP contribution in [0.2, 0.25) is 0 Å². The molecule has 2 fully saturated rings. The third-order valence-corrected chi connectivity index (χ3v) is 5.63. The summed E-state index contributed by atoms with van der Waals surface area (Å²) in [6.45, 7) is 11.3. The van der Waals surface area contributed by atoms with E-state index in [1.807, 2.05) is 18.1 Å². The molecule has 2 aliphatic rings. The monoisotopic (exact) mass is 389 g/mol. The maximum absolute atomic E-state index is 12.6. The van der Waals surface area contributed by atoms with Crippen LogP contribution in [-0.4, -0.2) is 83.8 Å². The van der Waals surface area contributed by atoms with Crippen LogP contribution in [0.1, 0.15) is 33.1 Å². The Labute approximate surface area is 168 Å². The molecule has 28 heavy (non-hydrogen) atoms. The van der Waals surface area contributed by atoms with E-state index < -0.39 is 0 Å². The van der Waals surface area contributed by atoms with Crippen molar-refractivity contribution in [1.29, 1.82) is 0 Å². The quantitative estimate of drug-likeness (QED) is 0.449. The Bertz CT molecular complexity index is 663. The number of hydrogen-bond acceptors (Lipinski definition) is 4. The highest BCUT2D eigenvalue weighted by Gasteiger charge is 2.27. The Morgan fingerprint density at radius 2 is 2.07 bits per heavy atom. The molecule has 2 saturated heterocycles. The lowest BCUT2D eigenvalue weighted by molar-refractivity contribution is -0.120. The number of aliphatic imine (C=N–C) groups is 1. The molecule has 0 radical (unpaired) electrons. The summed E-state index contributed by atoms with van der Waals surface area (Å²) in [5, 5.41) is 7.52. The van der Waals surface area contributed by atoms with E-state index in [1.54, 1.807) is 10.9 Å². The first-order valence-corrected chi connectivity index (χ1v) is 10.6. The Kier molecular flexibility index (Phi) is 7.30. The number of carbonyl (C=O) groups excluding carboxylic acids is 1. The van der Waals surface area contributed by atoms with E-state index in [4.69, 9.17) is 4.99 Å². The number of piperazine rings is 1. The van der Waals surface area contributed by atoms with Crippen molar-refractivity contribution in [3.63, 3.8) is 0 Å². The minimum atomic E-state index is 0.0901. The van der Waals surface area contributed by atoms with Gasteiger partial charge in [-0.2, -0.15) is 5.10 Å². The minimum absolute atomic E-state index is 0.0901. The van der Waals surface area contributed by atoms with Gasteiger partial charge in [-0.15, -0.1) is 0 Å². The van der Waals surface area contributed by atoms with Gasteiger partial charge in [0.15, 0.2) is 5.96 Å². The highest BCUT2D eigenvalue weighted by molar-refractivity contribution is 5.98. The van der Waals surface area contributed by atoms with Crippen LogP contribution in [-0.2, 0) is 11.8 Å². The van der Waals surface area contributed by atoms with Gasteiger partial charge < -0.3 is 20.0 Å². The molecule has 3 rings (SSSR count). The van der Waals surface area contributed by atoms with Gasteiger partial charge in [0.2, 0.25) is 5.91 Å². The van der Waals surface area contributed by atoms with Gasteiger partial charge in [0, 0.05) is 39.4 Å². The predicted molar refractivity (Wildman–Crippen MR) is 113 cm³/mol. The average molecular weight is 390 g/mol. The maximum atomic E-state index is 12.6. The number of carbonyl (C=O) groups is 1. The number of aryl methyl sites for hydroxylation is 1.